The van der Waals surface area contributed by atoms with Gasteiger partial charge in [-0.3, -0.25) is 10.0 Å². The second-order valence-electron chi connectivity index (χ2n) is 2.32. The molecule has 0 aromatic carbocycles. The largest absolute Gasteiger partial charge is 0.425 e. The van der Waals surface area contributed by atoms with Crippen LogP contribution in [0.5, 0.6) is 0 Å². The average Bonchev–Trinajstić information content (AvgIpc) is 1.97. The van der Waals surface area contributed by atoms with E-state index in [9.17, 15) is 4.79 Å². The monoisotopic (exact) mass is 157 g/mol. The molecule has 0 aliphatic heterocycles. The highest BCUT2D eigenvalue weighted by Gasteiger charge is 2.14. The Hall–Kier alpha value is -1.52. The van der Waals surface area contributed by atoms with E-state index in [0.717, 1.165) is 0 Å². The molecule has 0 amide bonds. The zero-order valence-electron chi connectivity index (χ0n) is 6.27. The van der Waals surface area contributed by atoms with Gasteiger partial charge in [0, 0.05) is 11.7 Å². The fourth-order valence-corrected chi connectivity index (χ4v) is 0.740. The van der Waals surface area contributed by atoms with Gasteiger partial charge < -0.3 is 5.21 Å². The van der Waals surface area contributed by atoms with Gasteiger partial charge in [-0.2, -0.15) is 0 Å². The summed E-state index contributed by atoms with van der Waals surface area (Å²) in [6.45, 7) is 2.92. The first-order valence-electron chi connectivity index (χ1n) is 3.07. The summed E-state index contributed by atoms with van der Waals surface area (Å²) < 4.78 is 1.17. The molecule has 0 saturated heterocycles. The van der Waals surface area contributed by atoms with E-state index in [2.05, 4.69) is 0 Å². The van der Waals surface area contributed by atoms with Crippen molar-refractivity contribution in [3.8, 4) is 0 Å². The summed E-state index contributed by atoms with van der Waals surface area (Å²) in [6.07, 6.45) is 1.25. The number of aryl methyl sites for hydroxylation is 1. The molecule has 2 N–H and O–H groups in total. The number of hydrogen-bond acceptors (Lipinski definition) is 3. The van der Waals surface area contributed by atoms with Gasteiger partial charge in [0.1, 0.15) is 5.69 Å². The van der Waals surface area contributed by atoms with Crippen molar-refractivity contribution >= 4 is 0 Å². The van der Waals surface area contributed by atoms with Gasteiger partial charge in [-0.1, -0.05) is 0 Å². The normalized spacial score (nSPS) is 10.0. The summed E-state index contributed by atoms with van der Waals surface area (Å²) in [5, 5.41) is 18.0. The van der Waals surface area contributed by atoms with E-state index in [1.807, 2.05) is 0 Å². The summed E-state index contributed by atoms with van der Waals surface area (Å²) in [5.41, 5.74) is -0.270. The van der Waals surface area contributed by atoms with Gasteiger partial charge in [-0.25, -0.2) is 0 Å². The van der Waals surface area contributed by atoms with Crippen LogP contribution in [0, 0.1) is 13.8 Å². The van der Waals surface area contributed by atoms with Gasteiger partial charge >= 0.3 is 5.56 Å². The highest BCUT2D eigenvalue weighted by atomic mass is 16.5. The molecule has 60 valence electrons. The zero-order valence-corrected chi connectivity index (χ0v) is 6.27. The number of rotatable bonds is 0. The topological polar surface area (TPSA) is 66.3 Å². The molecule has 0 atom stereocenters. The number of hydrogen-bond donors (Lipinski definition) is 2. The maximum Gasteiger partial charge on any atom is 0.355 e. The van der Waals surface area contributed by atoms with Crippen molar-refractivity contribution in [1.82, 2.24) is 4.73 Å². The Bertz CT molecular complexity index is 313. The Labute approximate surface area is 62.7 Å². The zero-order chi connectivity index (χ0) is 8.59. The lowest BCUT2D eigenvalue weighted by atomic mass is 10.4. The van der Waals surface area contributed by atoms with E-state index in [0.29, 0.717) is 9.46 Å². The van der Waals surface area contributed by atoms with Crippen LogP contribution in [0.25, 0.3) is 0 Å². The van der Waals surface area contributed by atoms with Crippen LogP contribution < -0.4 is 10.3 Å². The molecule has 0 unspecified atom stereocenters. The maximum atomic E-state index is 10.9. The fourth-order valence-electron chi connectivity index (χ4n) is 0.740. The summed E-state index contributed by atoms with van der Waals surface area (Å²) >= 11 is 0. The van der Waals surface area contributed by atoms with E-state index in [1.165, 1.54) is 20.0 Å². The minimum Gasteiger partial charge on any atom is -0.425 e. The van der Waals surface area contributed by atoms with Crippen LogP contribution in [0.4, 0.5) is 0 Å². The third-order valence-electron chi connectivity index (χ3n) is 1.49. The molecule has 1 heterocycles. The SMILES string of the molecule is Cc1c[n+](O)c(C)c(=O)n1O. The van der Waals surface area contributed by atoms with Crippen molar-refractivity contribution in [2.75, 3.05) is 0 Å². The molecule has 5 heteroatoms. The van der Waals surface area contributed by atoms with Crippen LogP contribution in [0.2, 0.25) is 0 Å². The van der Waals surface area contributed by atoms with E-state index in [-0.39, 0.29) is 11.4 Å². The molecule has 1 aromatic heterocycles. The quantitative estimate of drug-likeness (QED) is 0.384. The molecule has 0 radical (unpaired) electrons. The van der Waals surface area contributed by atoms with Gasteiger partial charge in [0.25, 0.3) is 5.69 Å². The first-order valence-corrected chi connectivity index (χ1v) is 3.07. The van der Waals surface area contributed by atoms with Gasteiger partial charge in [-0.05, 0) is 6.92 Å². The second-order valence-corrected chi connectivity index (χ2v) is 2.32. The second kappa shape index (κ2) is 2.26. The van der Waals surface area contributed by atoms with E-state index in [1.54, 1.807) is 0 Å². The lowest BCUT2D eigenvalue weighted by Gasteiger charge is -1.97. The minimum absolute atomic E-state index is 0.0677. The summed E-state index contributed by atoms with van der Waals surface area (Å²) in [6, 6.07) is 0. The Morgan fingerprint density at radius 2 is 2.09 bits per heavy atom. The molecule has 0 aliphatic rings. The molecule has 1 aromatic rings. The maximum absolute atomic E-state index is 10.9. The molecular weight excluding hydrogens is 148 g/mol. The molecule has 0 bridgehead atoms. The van der Waals surface area contributed by atoms with E-state index in [4.69, 9.17) is 10.4 Å². The molecule has 1 rings (SSSR count). The van der Waals surface area contributed by atoms with Crippen molar-refractivity contribution < 1.29 is 15.1 Å². The summed E-state index contributed by atoms with van der Waals surface area (Å²) in [7, 11) is 0. The van der Waals surface area contributed by atoms with Crippen LogP contribution in [0.3, 0.4) is 0 Å². The molecule has 5 nitrogen and oxygen atoms in total. The molecule has 11 heavy (non-hydrogen) atoms. The summed E-state index contributed by atoms with van der Waals surface area (Å²) in [4.78, 5) is 10.9. The van der Waals surface area contributed by atoms with Gasteiger partial charge in [-0.15, -0.1) is 4.73 Å². The Balaban J connectivity index is 3.59. The van der Waals surface area contributed by atoms with Crippen LogP contribution >= 0.6 is 0 Å². The fraction of sp³-hybridized carbons (Fsp3) is 0.333. The van der Waals surface area contributed by atoms with Crippen molar-refractivity contribution in [2.24, 2.45) is 0 Å². The molecule has 0 saturated carbocycles. The predicted molar refractivity (Wildman–Crippen MR) is 34.7 cm³/mol. The van der Waals surface area contributed by atoms with Gasteiger partial charge in [0.2, 0.25) is 6.20 Å². The molecule has 0 spiro atoms. The lowest BCUT2D eigenvalue weighted by molar-refractivity contribution is -0.910. The highest BCUT2D eigenvalue weighted by molar-refractivity contribution is 4.93. The third kappa shape index (κ3) is 1.04. The van der Waals surface area contributed by atoms with Crippen LogP contribution in [-0.2, 0) is 0 Å². The Morgan fingerprint density at radius 1 is 1.55 bits per heavy atom. The molecular formula is C6H9N2O3+. The Kier molecular flexibility index (Phi) is 1.56. The van der Waals surface area contributed by atoms with E-state index < -0.39 is 5.56 Å². The first-order chi connectivity index (χ1) is 5.04. The summed E-state index contributed by atoms with van der Waals surface area (Å²) in [5.74, 6) is 0. The standard InChI is InChI=1S/C6H9N2O3/c1-4-3-7(10)5(2)6(9)8(4)11/h3,10-11H,1-2H3/q+1. The van der Waals surface area contributed by atoms with Gasteiger partial charge in [0.05, 0.1) is 0 Å². The van der Waals surface area contributed by atoms with Crippen molar-refractivity contribution in [3.05, 3.63) is 27.9 Å². The van der Waals surface area contributed by atoms with Crippen LogP contribution in [0.15, 0.2) is 11.0 Å². The van der Waals surface area contributed by atoms with Crippen LogP contribution in [-0.4, -0.2) is 15.1 Å². The molecule has 0 aliphatic carbocycles. The Morgan fingerprint density at radius 3 is 2.64 bits per heavy atom. The number of nitrogens with zero attached hydrogens (tertiary/aromatic N) is 2. The first kappa shape index (κ1) is 7.59. The third-order valence-corrected chi connectivity index (χ3v) is 1.49. The molecule has 0 fully saturated rings. The highest BCUT2D eigenvalue weighted by Crippen LogP contribution is 1.85. The lowest BCUT2D eigenvalue weighted by Crippen LogP contribution is -2.43. The predicted octanol–water partition coefficient (Wildman–Crippen LogP) is -0.773. The van der Waals surface area contributed by atoms with Crippen molar-refractivity contribution in [2.45, 2.75) is 13.8 Å². The van der Waals surface area contributed by atoms with Gasteiger partial charge in [0.15, 0.2) is 0 Å². The minimum atomic E-state index is -0.618. The smallest absolute Gasteiger partial charge is 0.355 e. The van der Waals surface area contributed by atoms with Crippen molar-refractivity contribution in [3.63, 3.8) is 0 Å². The van der Waals surface area contributed by atoms with Crippen LogP contribution in [0.1, 0.15) is 11.4 Å². The van der Waals surface area contributed by atoms with Crippen molar-refractivity contribution in [1.29, 1.82) is 0 Å². The average molecular weight is 157 g/mol. The number of aromatic nitrogens is 2. The van der Waals surface area contributed by atoms with E-state index >= 15 is 0 Å².